The van der Waals surface area contributed by atoms with Gasteiger partial charge in [0.15, 0.2) is 5.78 Å². The number of ketones is 1. The number of carbonyl (C=O) groups excluding carboxylic acids is 1. The minimum Gasteiger partial charge on any atom is -0.497 e. The van der Waals surface area contributed by atoms with Crippen LogP contribution in [0.5, 0.6) is 11.5 Å². The fraction of sp³-hybridized carbons (Fsp3) is 0.235. The van der Waals surface area contributed by atoms with E-state index in [1.54, 1.807) is 7.11 Å². The molecule has 1 unspecified atom stereocenters. The fourth-order valence-electron chi connectivity index (χ4n) is 2.47. The second-order valence-electron chi connectivity index (χ2n) is 5.00. The van der Waals surface area contributed by atoms with Crippen molar-refractivity contribution in [2.24, 2.45) is 0 Å². The zero-order chi connectivity index (χ0) is 14.1. The average Bonchev–Trinajstić information content (AvgIpc) is 2.48. The van der Waals surface area contributed by atoms with Gasteiger partial charge in [0.1, 0.15) is 18.1 Å². The molecule has 3 heteroatoms. The molecule has 0 amide bonds. The van der Waals surface area contributed by atoms with E-state index >= 15 is 0 Å². The summed E-state index contributed by atoms with van der Waals surface area (Å²) in [4.78, 5) is 12.6. The Morgan fingerprint density at radius 1 is 1.15 bits per heavy atom. The van der Waals surface area contributed by atoms with Crippen molar-refractivity contribution in [3.63, 3.8) is 0 Å². The first-order valence-corrected chi connectivity index (χ1v) is 6.60. The molecule has 1 aliphatic rings. The molecule has 1 atom stereocenters. The average molecular weight is 268 g/mol. The summed E-state index contributed by atoms with van der Waals surface area (Å²) in [5.41, 5.74) is 2.73. The molecule has 0 fully saturated rings. The predicted octanol–water partition coefficient (Wildman–Crippen LogP) is 3.36. The summed E-state index contributed by atoms with van der Waals surface area (Å²) in [5.74, 6) is 1.36. The quantitative estimate of drug-likeness (QED) is 0.837. The molecule has 3 nitrogen and oxygen atoms in total. The summed E-state index contributed by atoms with van der Waals surface area (Å²) in [6.45, 7) is 2.38. The lowest BCUT2D eigenvalue weighted by molar-refractivity contribution is 0.0896. The van der Waals surface area contributed by atoms with E-state index in [9.17, 15) is 4.79 Å². The second-order valence-corrected chi connectivity index (χ2v) is 5.00. The van der Waals surface area contributed by atoms with Crippen LogP contribution in [0.15, 0.2) is 42.5 Å². The van der Waals surface area contributed by atoms with E-state index in [0.29, 0.717) is 17.9 Å². The van der Waals surface area contributed by atoms with Gasteiger partial charge in [-0.05, 0) is 42.3 Å². The monoisotopic (exact) mass is 268 g/mol. The Bertz CT molecular complexity index is 644. The minimum atomic E-state index is -0.240. The van der Waals surface area contributed by atoms with Gasteiger partial charge in [-0.3, -0.25) is 4.79 Å². The largest absolute Gasteiger partial charge is 0.497 e. The molecule has 102 valence electrons. The van der Waals surface area contributed by atoms with E-state index in [-0.39, 0.29) is 11.7 Å². The van der Waals surface area contributed by atoms with Gasteiger partial charge in [0.05, 0.1) is 18.6 Å². The lowest BCUT2D eigenvalue weighted by atomic mass is 9.88. The smallest absolute Gasteiger partial charge is 0.177 e. The minimum absolute atomic E-state index is 0.122. The molecule has 2 aromatic carbocycles. The van der Waals surface area contributed by atoms with Gasteiger partial charge in [-0.2, -0.15) is 0 Å². The van der Waals surface area contributed by atoms with Crippen LogP contribution >= 0.6 is 0 Å². The molecule has 0 N–H and O–H groups in total. The SMILES string of the molecule is COc1ccc(C2COc3cc(C)ccc3C2=O)cc1. The number of methoxy groups -OCH3 is 1. The van der Waals surface area contributed by atoms with Gasteiger partial charge in [-0.1, -0.05) is 18.2 Å². The van der Waals surface area contributed by atoms with Crippen molar-refractivity contribution in [1.29, 1.82) is 0 Å². The number of Topliss-reactive ketones (excluding diaryl/α,β-unsaturated/α-hetero) is 1. The molecule has 3 rings (SSSR count). The van der Waals surface area contributed by atoms with E-state index in [1.165, 1.54) is 0 Å². The fourth-order valence-corrected chi connectivity index (χ4v) is 2.47. The van der Waals surface area contributed by atoms with Crippen LogP contribution in [0.1, 0.15) is 27.4 Å². The van der Waals surface area contributed by atoms with Crippen LogP contribution in [-0.4, -0.2) is 19.5 Å². The highest BCUT2D eigenvalue weighted by Crippen LogP contribution is 2.33. The topological polar surface area (TPSA) is 35.5 Å². The standard InChI is InChI=1S/C17H16O3/c1-11-3-8-14-16(9-11)20-10-15(17(14)18)12-4-6-13(19-2)7-5-12/h3-9,15H,10H2,1-2H3. The van der Waals surface area contributed by atoms with Crippen LogP contribution in [-0.2, 0) is 0 Å². The van der Waals surface area contributed by atoms with Crippen molar-refractivity contribution in [2.45, 2.75) is 12.8 Å². The van der Waals surface area contributed by atoms with E-state index in [4.69, 9.17) is 9.47 Å². The maximum absolute atomic E-state index is 12.6. The van der Waals surface area contributed by atoms with Crippen LogP contribution in [0, 0.1) is 6.92 Å². The van der Waals surface area contributed by atoms with Gasteiger partial charge in [0.2, 0.25) is 0 Å². The highest BCUT2D eigenvalue weighted by Gasteiger charge is 2.29. The van der Waals surface area contributed by atoms with Crippen molar-refractivity contribution in [3.8, 4) is 11.5 Å². The van der Waals surface area contributed by atoms with E-state index in [2.05, 4.69) is 0 Å². The first-order valence-electron chi connectivity index (χ1n) is 6.60. The number of aryl methyl sites for hydroxylation is 1. The van der Waals surface area contributed by atoms with Gasteiger partial charge in [-0.25, -0.2) is 0 Å². The van der Waals surface area contributed by atoms with Crippen LogP contribution in [0.3, 0.4) is 0 Å². The predicted molar refractivity (Wildman–Crippen MR) is 76.7 cm³/mol. The molecule has 2 aromatic rings. The number of ether oxygens (including phenoxy) is 2. The molecule has 0 radical (unpaired) electrons. The third-order valence-electron chi connectivity index (χ3n) is 3.64. The van der Waals surface area contributed by atoms with E-state index in [0.717, 1.165) is 16.9 Å². The Labute approximate surface area is 118 Å². The molecular formula is C17H16O3. The third-order valence-corrected chi connectivity index (χ3v) is 3.64. The van der Waals surface area contributed by atoms with Crippen LogP contribution in [0.25, 0.3) is 0 Å². The molecule has 0 bridgehead atoms. The second kappa shape index (κ2) is 5.00. The van der Waals surface area contributed by atoms with Gasteiger partial charge < -0.3 is 9.47 Å². The molecule has 1 aliphatic heterocycles. The van der Waals surface area contributed by atoms with Gasteiger partial charge in [0.25, 0.3) is 0 Å². The van der Waals surface area contributed by atoms with E-state index in [1.807, 2.05) is 49.4 Å². The normalized spacial score (nSPS) is 17.3. The summed E-state index contributed by atoms with van der Waals surface area (Å²) in [6.07, 6.45) is 0. The third kappa shape index (κ3) is 2.16. The van der Waals surface area contributed by atoms with Crippen LogP contribution in [0.2, 0.25) is 0 Å². The molecule has 0 saturated carbocycles. The number of carbonyl (C=O) groups is 1. The van der Waals surface area contributed by atoms with Crippen molar-refractivity contribution < 1.29 is 14.3 Å². The van der Waals surface area contributed by atoms with Crippen molar-refractivity contribution in [2.75, 3.05) is 13.7 Å². The Balaban J connectivity index is 1.93. The maximum atomic E-state index is 12.6. The van der Waals surface area contributed by atoms with Crippen molar-refractivity contribution in [3.05, 3.63) is 59.2 Å². The Kier molecular flexibility index (Phi) is 3.18. The zero-order valence-corrected chi connectivity index (χ0v) is 11.6. The maximum Gasteiger partial charge on any atom is 0.177 e. The zero-order valence-electron chi connectivity index (χ0n) is 11.6. The van der Waals surface area contributed by atoms with E-state index < -0.39 is 0 Å². The number of hydrogen-bond donors (Lipinski definition) is 0. The molecule has 20 heavy (non-hydrogen) atoms. The summed E-state index contributed by atoms with van der Waals surface area (Å²) in [7, 11) is 1.63. The molecule has 0 aromatic heterocycles. The summed E-state index contributed by atoms with van der Waals surface area (Å²) < 4.78 is 10.9. The molecule has 0 saturated heterocycles. The highest BCUT2D eigenvalue weighted by molar-refractivity contribution is 6.04. The van der Waals surface area contributed by atoms with Crippen LogP contribution < -0.4 is 9.47 Å². The summed E-state index contributed by atoms with van der Waals surface area (Å²) >= 11 is 0. The Morgan fingerprint density at radius 3 is 2.60 bits per heavy atom. The molecule has 1 heterocycles. The van der Waals surface area contributed by atoms with Crippen molar-refractivity contribution in [1.82, 2.24) is 0 Å². The van der Waals surface area contributed by atoms with Gasteiger partial charge >= 0.3 is 0 Å². The van der Waals surface area contributed by atoms with Crippen LogP contribution in [0.4, 0.5) is 0 Å². The molecule has 0 spiro atoms. The first-order chi connectivity index (χ1) is 9.69. The lowest BCUT2D eigenvalue weighted by Gasteiger charge is -2.24. The Morgan fingerprint density at radius 2 is 1.90 bits per heavy atom. The first kappa shape index (κ1) is 12.7. The number of rotatable bonds is 2. The molecular weight excluding hydrogens is 252 g/mol. The number of benzene rings is 2. The summed E-state index contributed by atoms with van der Waals surface area (Å²) in [6, 6.07) is 13.3. The van der Waals surface area contributed by atoms with Gasteiger partial charge in [0, 0.05) is 0 Å². The van der Waals surface area contributed by atoms with Gasteiger partial charge in [-0.15, -0.1) is 0 Å². The summed E-state index contributed by atoms with van der Waals surface area (Å²) in [5, 5.41) is 0. The number of fused-ring (bicyclic) bond motifs is 1. The highest BCUT2D eigenvalue weighted by atomic mass is 16.5. The number of hydrogen-bond acceptors (Lipinski definition) is 3. The Hall–Kier alpha value is -2.29. The lowest BCUT2D eigenvalue weighted by Crippen LogP contribution is -2.26. The molecule has 0 aliphatic carbocycles. The van der Waals surface area contributed by atoms with Crippen molar-refractivity contribution >= 4 is 5.78 Å².